The Morgan fingerprint density at radius 3 is 2.49 bits per heavy atom. The first kappa shape index (κ1) is 31.8. The Hall–Kier alpha value is -4.59. The molecule has 0 fully saturated rings. The van der Waals surface area contributed by atoms with Gasteiger partial charge in [0.25, 0.3) is 25.2 Å². The van der Waals surface area contributed by atoms with Crippen LogP contribution >= 0.6 is 11.6 Å². The van der Waals surface area contributed by atoms with E-state index < -0.39 is 47.3 Å². The summed E-state index contributed by atoms with van der Waals surface area (Å²) in [6.07, 6.45) is -3.38. The highest BCUT2D eigenvalue weighted by Crippen LogP contribution is 2.46. The molecule has 1 aliphatic rings. The van der Waals surface area contributed by atoms with E-state index in [1.807, 2.05) is 20.8 Å². The first-order chi connectivity index (χ1) is 21.3. The molecule has 15 heteroatoms. The van der Waals surface area contributed by atoms with Gasteiger partial charge in [-0.2, -0.15) is 5.10 Å². The third kappa shape index (κ3) is 5.93. The number of rotatable bonds is 10. The van der Waals surface area contributed by atoms with Crippen LogP contribution in [-0.4, -0.2) is 49.6 Å². The van der Waals surface area contributed by atoms with Gasteiger partial charge in [-0.3, -0.25) is 19.5 Å². The number of carbonyl (C=O) groups excluding carboxylic acids is 2. The number of halogens is 5. The standard InChI is InChI=1S/C30H28ClF4N7O3/c1-29(2,3)13-30(18-5-6-19-16(10-18)8-9-37-23(19)24(32)33)27(44)41(28(36)40-30)22(12-45-15-43)17-4-7-20(31)21(11-17)42-26(25(34)35)38-14-39-42/h4-11,14-15,22,24-25H,12-13H2,1-3H3,(H2,36,40)/t22-,30-/m1/s1. The zero-order chi connectivity index (χ0) is 32.7. The van der Waals surface area contributed by atoms with Crippen molar-refractivity contribution in [3.63, 3.8) is 0 Å². The van der Waals surface area contributed by atoms with E-state index in [9.17, 15) is 27.2 Å². The minimum atomic E-state index is -2.96. The Balaban J connectivity index is 1.64. The van der Waals surface area contributed by atoms with Gasteiger partial charge in [0.05, 0.1) is 16.8 Å². The summed E-state index contributed by atoms with van der Waals surface area (Å²) in [7, 11) is 0. The molecule has 2 aromatic carbocycles. The maximum absolute atomic E-state index is 14.6. The molecule has 45 heavy (non-hydrogen) atoms. The number of amides is 1. The predicted octanol–water partition coefficient (Wildman–Crippen LogP) is 6.05. The number of aromatic nitrogens is 4. The lowest BCUT2D eigenvalue weighted by molar-refractivity contribution is -0.138. The number of aliphatic imine (C=N–C) groups is 1. The zero-order valence-corrected chi connectivity index (χ0v) is 25.1. The van der Waals surface area contributed by atoms with Crippen LogP contribution in [0, 0.1) is 5.41 Å². The molecule has 0 unspecified atom stereocenters. The van der Waals surface area contributed by atoms with Crippen molar-refractivity contribution in [1.82, 2.24) is 24.6 Å². The van der Waals surface area contributed by atoms with Gasteiger partial charge in [0.1, 0.15) is 18.6 Å². The molecule has 1 amide bonds. The Bertz CT molecular complexity index is 1790. The highest BCUT2D eigenvalue weighted by atomic mass is 35.5. The topological polar surface area (TPSA) is 129 Å². The summed E-state index contributed by atoms with van der Waals surface area (Å²) in [5.41, 5.74) is 4.76. The van der Waals surface area contributed by atoms with Crippen LogP contribution in [0.2, 0.25) is 5.02 Å². The Kier molecular flexibility index (Phi) is 8.53. The Morgan fingerprint density at radius 2 is 1.82 bits per heavy atom. The van der Waals surface area contributed by atoms with Gasteiger partial charge in [0.2, 0.25) is 0 Å². The molecular formula is C30H28ClF4N7O3. The molecule has 0 saturated carbocycles. The molecule has 2 N–H and O–H groups in total. The van der Waals surface area contributed by atoms with Crippen LogP contribution in [0.5, 0.6) is 0 Å². The third-order valence-electron chi connectivity index (χ3n) is 7.38. The minimum Gasteiger partial charge on any atom is -0.465 e. The second kappa shape index (κ2) is 12.1. The maximum Gasteiger partial charge on any atom is 0.297 e. The number of hydrogen-bond acceptors (Lipinski definition) is 8. The van der Waals surface area contributed by atoms with Crippen molar-refractivity contribution in [1.29, 1.82) is 0 Å². The summed E-state index contributed by atoms with van der Waals surface area (Å²) in [6, 6.07) is 9.50. The SMILES string of the molecule is CC(C)(C)C[C@]1(c2ccc3c(C(F)F)nccc3c2)N=C(N)N([C@H](COC=O)c2ccc(Cl)c(-n3ncnc3C(F)F)c2)C1=O. The number of nitrogens with two attached hydrogens (primary N) is 1. The summed E-state index contributed by atoms with van der Waals surface area (Å²) >= 11 is 6.37. The van der Waals surface area contributed by atoms with Crippen molar-refractivity contribution in [2.45, 2.75) is 51.6 Å². The number of pyridine rings is 1. The number of guanidine groups is 1. The number of nitrogens with zero attached hydrogens (tertiary/aromatic N) is 6. The molecule has 3 heterocycles. The van der Waals surface area contributed by atoms with Crippen molar-refractivity contribution in [2.24, 2.45) is 16.1 Å². The zero-order valence-electron chi connectivity index (χ0n) is 24.3. The van der Waals surface area contributed by atoms with E-state index in [0.717, 1.165) is 11.0 Å². The van der Waals surface area contributed by atoms with Crippen LogP contribution in [0.25, 0.3) is 16.5 Å². The summed E-state index contributed by atoms with van der Waals surface area (Å²) < 4.78 is 60.6. The number of hydrogen-bond donors (Lipinski definition) is 1. The first-order valence-electron chi connectivity index (χ1n) is 13.7. The molecule has 1 aliphatic heterocycles. The van der Waals surface area contributed by atoms with Crippen LogP contribution in [-0.2, 0) is 19.9 Å². The fourth-order valence-electron chi connectivity index (χ4n) is 5.64. The number of carbonyl (C=O) groups is 2. The van der Waals surface area contributed by atoms with Gasteiger partial charge in [-0.1, -0.05) is 50.6 Å². The molecule has 10 nitrogen and oxygen atoms in total. The van der Waals surface area contributed by atoms with Gasteiger partial charge < -0.3 is 10.5 Å². The normalized spacial score (nSPS) is 17.8. The molecule has 2 aromatic heterocycles. The van der Waals surface area contributed by atoms with Crippen LogP contribution in [0.4, 0.5) is 17.6 Å². The van der Waals surface area contributed by atoms with Crippen molar-refractivity contribution >= 4 is 40.7 Å². The third-order valence-corrected chi connectivity index (χ3v) is 7.70. The molecule has 4 aromatic rings. The molecule has 0 spiro atoms. The van der Waals surface area contributed by atoms with E-state index >= 15 is 0 Å². The maximum atomic E-state index is 14.6. The van der Waals surface area contributed by atoms with Crippen LogP contribution in [0.3, 0.4) is 0 Å². The molecule has 236 valence electrons. The molecule has 0 saturated heterocycles. The summed E-state index contributed by atoms with van der Waals surface area (Å²) in [5, 5.41) is 4.59. The van der Waals surface area contributed by atoms with Gasteiger partial charge in [0, 0.05) is 11.6 Å². The van der Waals surface area contributed by atoms with Gasteiger partial charge in [-0.05, 0) is 52.6 Å². The van der Waals surface area contributed by atoms with E-state index in [0.29, 0.717) is 16.5 Å². The van der Waals surface area contributed by atoms with Crippen LogP contribution in [0.1, 0.15) is 68.7 Å². The van der Waals surface area contributed by atoms with Gasteiger partial charge in [-0.25, -0.2) is 32.2 Å². The van der Waals surface area contributed by atoms with Gasteiger partial charge in [0.15, 0.2) is 17.3 Å². The predicted molar refractivity (Wildman–Crippen MR) is 157 cm³/mol. The smallest absolute Gasteiger partial charge is 0.297 e. The average molecular weight is 646 g/mol. The van der Waals surface area contributed by atoms with Crippen molar-refractivity contribution in [2.75, 3.05) is 6.61 Å². The monoisotopic (exact) mass is 645 g/mol. The van der Waals surface area contributed by atoms with Crippen LogP contribution in [0.15, 0.2) is 60.0 Å². The first-order valence-corrected chi connectivity index (χ1v) is 14.0. The van der Waals surface area contributed by atoms with Crippen molar-refractivity contribution < 1.29 is 31.9 Å². The van der Waals surface area contributed by atoms with Gasteiger partial charge in [-0.15, -0.1) is 0 Å². The fourth-order valence-corrected chi connectivity index (χ4v) is 5.84. The second-order valence-corrected chi connectivity index (χ2v) is 12.1. The molecule has 5 rings (SSSR count). The van der Waals surface area contributed by atoms with Crippen molar-refractivity contribution in [3.05, 3.63) is 82.7 Å². The highest BCUT2D eigenvalue weighted by molar-refractivity contribution is 6.32. The largest absolute Gasteiger partial charge is 0.465 e. The summed E-state index contributed by atoms with van der Waals surface area (Å²) in [4.78, 5) is 39.2. The fraction of sp³-hybridized carbons (Fsp3) is 0.333. The molecule has 0 aliphatic carbocycles. The summed E-state index contributed by atoms with van der Waals surface area (Å²) in [5.74, 6) is -1.42. The number of fused-ring (bicyclic) bond motifs is 1. The number of ether oxygens (including phenoxy) is 1. The van der Waals surface area contributed by atoms with E-state index in [4.69, 9.17) is 27.1 Å². The Labute approximate surface area is 259 Å². The lowest BCUT2D eigenvalue weighted by Crippen LogP contribution is -2.47. The van der Waals surface area contributed by atoms with E-state index in [2.05, 4.69) is 15.1 Å². The van der Waals surface area contributed by atoms with E-state index in [1.54, 1.807) is 18.2 Å². The number of alkyl halides is 4. The molecule has 0 radical (unpaired) electrons. The quantitative estimate of drug-likeness (QED) is 0.164. The highest BCUT2D eigenvalue weighted by Gasteiger charge is 2.53. The average Bonchev–Trinajstić information content (AvgIpc) is 3.56. The summed E-state index contributed by atoms with van der Waals surface area (Å²) in [6.45, 7) is 5.55. The van der Waals surface area contributed by atoms with E-state index in [1.165, 1.54) is 35.4 Å². The second-order valence-electron chi connectivity index (χ2n) is 11.7. The molecule has 0 bridgehead atoms. The molecule has 2 atom stereocenters. The van der Waals surface area contributed by atoms with Crippen molar-refractivity contribution in [3.8, 4) is 5.69 Å². The Morgan fingerprint density at radius 1 is 1.07 bits per heavy atom. The van der Waals surface area contributed by atoms with E-state index in [-0.39, 0.29) is 41.6 Å². The lowest BCUT2D eigenvalue weighted by Gasteiger charge is -2.34. The minimum absolute atomic E-state index is 0.0409. The molecular weight excluding hydrogens is 618 g/mol. The number of benzene rings is 2. The van der Waals surface area contributed by atoms with Crippen LogP contribution < -0.4 is 5.73 Å². The van der Waals surface area contributed by atoms with Gasteiger partial charge >= 0.3 is 0 Å². The lowest BCUT2D eigenvalue weighted by atomic mass is 9.75.